The number of nitrogens with zero attached hydrogens (tertiary/aromatic N) is 3. The largest absolute Gasteiger partial charge is 0.325 e. The lowest BCUT2D eigenvalue weighted by Gasteiger charge is -2.13. The van der Waals surface area contributed by atoms with Crippen molar-refractivity contribution in [2.45, 2.75) is 35.7 Å². The summed E-state index contributed by atoms with van der Waals surface area (Å²) < 4.78 is 24.6. The number of anilines is 1. The average molecular weight is 432 g/mol. The van der Waals surface area contributed by atoms with Crippen molar-refractivity contribution in [3.8, 4) is 0 Å². The lowest BCUT2D eigenvalue weighted by Crippen LogP contribution is -2.23. The summed E-state index contributed by atoms with van der Waals surface area (Å²) in [4.78, 5) is 12.5. The van der Waals surface area contributed by atoms with Crippen LogP contribution >= 0.6 is 11.8 Å². The number of primary sulfonamides is 1. The quantitative estimate of drug-likeness (QED) is 0.554. The third-order valence-electron chi connectivity index (χ3n) is 4.19. The molecule has 2 aromatic carbocycles. The lowest BCUT2D eigenvalue weighted by atomic mass is 10.2. The van der Waals surface area contributed by atoms with Gasteiger partial charge in [-0.15, -0.1) is 10.2 Å². The number of nitrogens with two attached hydrogens (primary N) is 1. The Hall–Kier alpha value is -2.69. The van der Waals surface area contributed by atoms with Gasteiger partial charge in [-0.2, -0.15) is 0 Å². The molecule has 3 aromatic rings. The third kappa shape index (κ3) is 5.43. The molecule has 0 saturated carbocycles. The Morgan fingerprint density at radius 3 is 2.41 bits per heavy atom. The topological polar surface area (TPSA) is 120 Å². The van der Waals surface area contributed by atoms with Crippen molar-refractivity contribution in [2.24, 2.45) is 5.14 Å². The predicted molar refractivity (Wildman–Crippen MR) is 112 cm³/mol. The summed E-state index contributed by atoms with van der Waals surface area (Å²) in [5, 5.41) is 16.4. The van der Waals surface area contributed by atoms with Gasteiger partial charge in [0.1, 0.15) is 5.82 Å². The molecule has 1 amide bonds. The number of nitrogens with one attached hydrogen (secondary N) is 1. The molecule has 0 aliphatic rings. The molecule has 3 rings (SSSR count). The Bertz CT molecular complexity index is 1100. The molecule has 1 heterocycles. The number of benzene rings is 2. The molecule has 1 aromatic heterocycles. The molecule has 1 atom stereocenters. The molecule has 0 spiro atoms. The lowest BCUT2D eigenvalue weighted by molar-refractivity contribution is -0.115. The Labute approximate surface area is 173 Å². The normalized spacial score (nSPS) is 12.5. The summed E-state index contributed by atoms with van der Waals surface area (Å²) >= 11 is 1.31. The molecule has 3 N–H and O–H groups in total. The highest BCUT2D eigenvalue weighted by molar-refractivity contribution is 8.00. The number of hydrogen-bond donors (Lipinski definition) is 2. The van der Waals surface area contributed by atoms with Crippen LogP contribution in [0.1, 0.15) is 18.3 Å². The van der Waals surface area contributed by atoms with Gasteiger partial charge in [-0.05, 0) is 43.7 Å². The molecule has 0 fully saturated rings. The maximum atomic E-state index is 12.5. The van der Waals surface area contributed by atoms with Crippen LogP contribution in [0, 0.1) is 6.92 Å². The molecule has 0 bridgehead atoms. The van der Waals surface area contributed by atoms with Gasteiger partial charge < -0.3 is 9.88 Å². The summed E-state index contributed by atoms with van der Waals surface area (Å²) in [6.45, 7) is 4.26. The number of amides is 1. The van der Waals surface area contributed by atoms with Gasteiger partial charge in [-0.3, -0.25) is 4.79 Å². The third-order valence-corrected chi connectivity index (χ3v) is 6.20. The Kier molecular flexibility index (Phi) is 6.36. The maximum Gasteiger partial charge on any atom is 0.238 e. The van der Waals surface area contributed by atoms with E-state index >= 15 is 0 Å². The fraction of sp³-hybridized carbons (Fsp3) is 0.211. The molecule has 152 valence electrons. The van der Waals surface area contributed by atoms with E-state index in [2.05, 4.69) is 15.5 Å². The molecule has 1 unspecified atom stereocenters. The Morgan fingerprint density at radius 2 is 1.79 bits per heavy atom. The number of carbonyl (C=O) groups is 1. The zero-order chi connectivity index (χ0) is 21.0. The average Bonchev–Trinajstić information content (AvgIpc) is 3.02. The minimum Gasteiger partial charge on any atom is -0.325 e. The van der Waals surface area contributed by atoms with Crippen LogP contribution in [0.5, 0.6) is 0 Å². The van der Waals surface area contributed by atoms with Crippen LogP contribution in [-0.2, 0) is 21.4 Å². The fourth-order valence-electron chi connectivity index (χ4n) is 2.58. The van der Waals surface area contributed by atoms with E-state index in [-0.39, 0.29) is 10.8 Å². The zero-order valence-corrected chi connectivity index (χ0v) is 17.6. The first-order valence-electron chi connectivity index (χ1n) is 8.78. The molecule has 0 radical (unpaired) electrons. The van der Waals surface area contributed by atoms with Crippen LogP contribution in [0.15, 0.2) is 64.6 Å². The van der Waals surface area contributed by atoms with Crippen molar-refractivity contribution >= 4 is 33.4 Å². The smallest absolute Gasteiger partial charge is 0.238 e. The van der Waals surface area contributed by atoms with E-state index in [1.807, 2.05) is 41.8 Å². The van der Waals surface area contributed by atoms with Crippen molar-refractivity contribution in [1.29, 1.82) is 0 Å². The second-order valence-electron chi connectivity index (χ2n) is 6.42. The van der Waals surface area contributed by atoms with Crippen molar-refractivity contribution in [1.82, 2.24) is 14.8 Å². The maximum absolute atomic E-state index is 12.5. The standard InChI is InChI=1S/C19H21N5O3S2/c1-13(18(25)21-16-8-10-17(11-9-16)29(20,26)27)28-19-23-22-14(2)24(19)12-15-6-4-3-5-7-15/h3-11,13H,12H2,1-2H3,(H,21,25)(H2,20,26,27). The van der Waals surface area contributed by atoms with E-state index in [1.165, 1.54) is 36.0 Å². The number of rotatable bonds is 7. The number of aryl methyl sites for hydroxylation is 1. The van der Waals surface area contributed by atoms with Gasteiger partial charge in [0.05, 0.1) is 16.7 Å². The van der Waals surface area contributed by atoms with Gasteiger partial charge in [-0.1, -0.05) is 42.1 Å². The van der Waals surface area contributed by atoms with E-state index < -0.39 is 15.3 Å². The number of thioether (sulfide) groups is 1. The second kappa shape index (κ2) is 8.76. The van der Waals surface area contributed by atoms with Gasteiger partial charge in [0, 0.05) is 5.69 Å². The highest BCUT2D eigenvalue weighted by Gasteiger charge is 2.20. The fourth-order valence-corrected chi connectivity index (χ4v) is 3.99. The van der Waals surface area contributed by atoms with Crippen molar-refractivity contribution in [3.05, 3.63) is 66.0 Å². The Morgan fingerprint density at radius 1 is 1.14 bits per heavy atom. The van der Waals surface area contributed by atoms with Crippen molar-refractivity contribution < 1.29 is 13.2 Å². The summed E-state index contributed by atoms with van der Waals surface area (Å²) in [6, 6.07) is 15.6. The number of carbonyl (C=O) groups excluding carboxylic acids is 1. The minimum absolute atomic E-state index is 0.0117. The van der Waals surface area contributed by atoms with E-state index in [1.54, 1.807) is 6.92 Å². The van der Waals surface area contributed by atoms with E-state index in [0.29, 0.717) is 17.4 Å². The minimum atomic E-state index is -3.77. The first kappa shape index (κ1) is 21.0. The molecular weight excluding hydrogens is 410 g/mol. The van der Waals surface area contributed by atoms with Gasteiger partial charge >= 0.3 is 0 Å². The summed E-state index contributed by atoms with van der Waals surface area (Å²) in [7, 11) is -3.77. The van der Waals surface area contributed by atoms with Crippen LogP contribution in [0.25, 0.3) is 0 Å². The molecular formula is C19H21N5O3S2. The van der Waals surface area contributed by atoms with E-state index in [9.17, 15) is 13.2 Å². The van der Waals surface area contributed by atoms with Gasteiger partial charge in [0.15, 0.2) is 5.16 Å². The summed E-state index contributed by atoms with van der Waals surface area (Å²) in [5.74, 6) is 0.535. The monoisotopic (exact) mass is 431 g/mol. The number of sulfonamides is 1. The highest BCUT2D eigenvalue weighted by Crippen LogP contribution is 2.24. The van der Waals surface area contributed by atoms with E-state index in [4.69, 9.17) is 5.14 Å². The molecule has 0 aliphatic heterocycles. The molecule has 0 aliphatic carbocycles. The van der Waals surface area contributed by atoms with Crippen LogP contribution in [-0.4, -0.2) is 34.3 Å². The molecule has 0 saturated heterocycles. The van der Waals surface area contributed by atoms with Crippen LogP contribution < -0.4 is 10.5 Å². The summed E-state index contributed by atoms with van der Waals surface area (Å²) in [6.07, 6.45) is 0. The van der Waals surface area contributed by atoms with Gasteiger partial charge in [0.2, 0.25) is 15.9 Å². The van der Waals surface area contributed by atoms with Crippen LogP contribution in [0.3, 0.4) is 0 Å². The summed E-state index contributed by atoms with van der Waals surface area (Å²) in [5.41, 5.74) is 1.60. The molecule has 29 heavy (non-hydrogen) atoms. The van der Waals surface area contributed by atoms with Crippen LogP contribution in [0.2, 0.25) is 0 Å². The van der Waals surface area contributed by atoms with E-state index in [0.717, 1.165) is 11.4 Å². The van der Waals surface area contributed by atoms with Crippen LogP contribution in [0.4, 0.5) is 5.69 Å². The SMILES string of the molecule is Cc1nnc(SC(C)C(=O)Nc2ccc(S(N)(=O)=O)cc2)n1Cc1ccccc1. The first-order chi connectivity index (χ1) is 13.7. The second-order valence-corrected chi connectivity index (χ2v) is 9.29. The molecule has 10 heteroatoms. The Balaban J connectivity index is 1.67. The van der Waals surface area contributed by atoms with Gasteiger partial charge in [-0.25, -0.2) is 13.6 Å². The number of aromatic nitrogens is 3. The predicted octanol–water partition coefficient (Wildman–Crippen LogP) is 2.40. The van der Waals surface area contributed by atoms with Gasteiger partial charge in [0.25, 0.3) is 0 Å². The zero-order valence-electron chi connectivity index (χ0n) is 15.9. The van der Waals surface area contributed by atoms with Crippen molar-refractivity contribution in [2.75, 3.05) is 5.32 Å². The number of hydrogen-bond acceptors (Lipinski definition) is 6. The van der Waals surface area contributed by atoms with Crippen molar-refractivity contribution in [3.63, 3.8) is 0 Å². The first-order valence-corrected chi connectivity index (χ1v) is 11.2. The molecule has 8 nitrogen and oxygen atoms in total. The highest BCUT2D eigenvalue weighted by atomic mass is 32.2.